The van der Waals surface area contributed by atoms with Crippen LogP contribution in [0, 0.1) is 5.92 Å². The molecule has 3 atom stereocenters. The van der Waals surface area contributed by atoms with Crippen LogP contribution in [0.1, 0.15) is 12.8 Å². The minimum atomic E-state index is -1.02. The van der Waals surface area contributed by atoms with Crippen LogP contribution >= 0.6 is 0 Å². The third-order valence-electron chi connectivity index (χ3n) is 1.87. The number of alkyl halides is 1. The molecule has 0 aromatic carbocycles. The Morgan fingerprint density at radius 2 is 2.20 bits per heavy atom. The largest absolute Gasteiger partial charge is 0.481 e. The number of hydrogen-bond donors (Lipinski definition) is 2. The Hall–Kier alpha value is -0.640. The van der Waals surface area contributed by atoms with Crippen LogP contribution in [0.3, 0.4) is 0 Å². The van der Waals surface area contributed by atoms with Crippen LogP contribution < -0.4 is 5.73 Å². The van der Waals surface area contributed by atoms with Crippen LogP contribution in [-0.4, -0.2) is 23.3 Å². The maximum atomic E-state index is 12.4. The topological polar surface area (TPSA) is 63.3 Å². The summed E-state index contributed by atoms with van der Waals surface area (Å²) in [5.74, 6) is -1.65. The molecule has 0 aliphatic heterocycles. The Morgan fingerprint density at radius 1 is 1.60 bits per heavy atom. The molecular formula is C6H10FNO2. The molecule has 0 heterocycles. The van der Waals surface area contributed by atoms with Crippen LogP contribution in [0.2, 0.25) is 0 Å². The zero-order chi connectivity index (χ0) is 7.72. The average Bonchev–Trinajstić information content (AvgIpc) is 2.10. The van der Waals surface area contributed by atoms with E-state index in [9.17, 15) is 9.18 Å². The zero-order valence-corrected chi connectivity index (χ0v) is 5.46. The van der Waals surface area contributed by atoms with Crippen LogP contribution in [0.4, 0.5) is 4.39 Å². The minimum Gasteiger partial charge on any atom is -0.481 e. The molecule has 3 nitrogen and oxygen atoms in total. The monoisotopic (exact) mass is 147 g/mol. The summed E-state index contributed by atoms with van der Waals surface area (Å²) < 4.78 is 12.4. The van der Waals surface area contributed by atoms with Crippen molar-refractivity contribution in [1.82, 2.24) is 0 Å². The SMILES string of the molecule is N[C@@H]1C[C@H](F)C[C@@H]1C(=O)O. The van der Waals surface area contributed by atoms with Gasteiger partial charge in [0.1, 0.15) is 6.17 Å². The minimum absolute atomic E-state index is 0.0799. The van der Waals surface area contributed by atoms with Gasteiger partial charge >= 0.3 is 5.97 Å². The predicted octanol–water partition coefficient (Wildman–Crippen LogP) is 0.146. The van der Waals surface area contributed by atoms with E-state index in [-0.39, 0.29) is 12.8 Å². The van der Waals surface area contributed by atoms with Crippen molar-refractivity contribution in [3.05, 3.63) is 0 Å². The summed E-state index contributed by atoms with van der Waals surface area (Å²) in [6.45, 7) is 0. The van der Waals surface area contributed by atoms with E-state index in [0.717, 1.165) is 0 Å². The molecule has 0 aromatic rings. The van der Waals surface area contributed by atoms with Crippen LogP contribution in [0.15, 0.2) is 0 Å². The number of carboxylic acids is 1. The Morgan fingerprint density at radius 3 is 2.40 bits per heavy atom. The first-order valence-electron chi connectivity index (χ1n) is 3.23. The molecule has 3 N–H and O–H groups in total. The van der Waals surface area contributed by atoms with Crippen LogP contribution in [0.5, 0.6) is 0 Å². The molecule has 0 saturated heterocycles. The maximum absolute atomic E-state index is 12.4. The lowest BCUT2D eigenvalue weighted by Gasteiger charge is -2.07. The normalized spacial score (nSPS) is 40.0. The molecule has 1 aliphatic carbocycles. The summed E-state index contributed by atoms with van der Waals surface area (Å²) in [5.41, 5.74) is 5.35. The number of carbonyl (C=O) groups is 1. The molecule has 58 valence electrons. The first-order valence-corrected chi connectivity index (χ1v) is 3.23. The van der Waals surface area contributed by atoms with Gasteiger partial charge in [0.25, 0.3) is 0 Å². The maximum Gasteiger partial charge on any atom is 0.308 e. The Labute approximate surface area is 58.0 Å². The van der Waals surface area contributed by atoms with Crippen molar-refractivity contribution in [1.29, 1.82) is 0 Å². The van der Waals surface area contributed by atoms with E-state index in [2.05, 4.69) is 0 Å². The van der Waals surface area contributed by atoms with Gasteiger partial charge in [0.05, 0.1) is 5.92 Å². The van der Waals surface area contributed by atoms with Crippen molar-refractivity contribution >= 4 is 5.97 Å². The number of nitrogens with two attached hydrogens (primary N) is 1. The van der Waals surface area contributed by atoms with Crippen molar-refractivity contribution in [3.8, 4) is 0 Å². The number of rotatable bonds is 1. The van der Waals surface area contributed by atoms with Gasteiger partial charge in [-0.05, 0) is 12.8 Å². The second kappa shape index (κ2) is 2.54. The number of halogens is 1. The molecule has 1 aliphatic rings. The molecule has 0 spiro atoms. The lowest BCUT2D eigenvalue weighted by atomic mass is 10.1. The highest BCUT2D eigenvalue weighted by Gasteiger charge is 2.36. The molecule has 0 aromatic heterocycles. The first kappa shape index (κ1) is 7.47. The van der Waals surface area contributed by atoms with E-state index in [4.69, 9.17) is 10.8 Å². The third kappa shape index (κ3) is 1.26. The number of aliphatic carboxylic acids is 1. The second-order valence-electron chi connectivity index (χ2n) is 2.68. The van der Waals surface area contributed by atoms with Gasteiger partial charge < -0.3 is 10.8 Å². The van der Waals surface area contributed by atoms with Gasteiger partial charge in [-0.3, -0.25) is 4.79 Å². The lowest BCUT2D eigenvalue weighted by molar-refractivity contribution is -0.142. The molecule has 1 rings (SSSR count). The Balaban J connectivity index is 2.54. The van der Waals surface area contributed by atoms with E-state index < -0.39 is 24.1 Å². The summed E-state index contributed by atoms with van der Waals surface area (Å²) in [6.07, 6.45) is -0.746. The van der Waals surface area contributed by atoms with E-state index >= 15 is 0 Å². The Kier molecular flexibility index (Phi) is 1.89. The van der Waals surface area contributed by atoms with Crippen molar-refractivity contribution in [3.63, 3.8) is 0 Å². The third-order valence-corrected chi connectivity index (χ3v) is 1.87. The summed E-state index contributed by atoms with van der Waals surface area (Å²) in [6, 6.07) is -0.493. The number of carboxylic acid groups (broad SMARTS) is 1. The summed E-state index contributed by atoms with van der Waals surface area (Å²) in [4.78, 5) is 10.3. The van der Waals surface area contributed by atoms with E-state index in [1.807, 2.05) is 0 Å². The Bertz CT molecular complexity index is 151. The van der Waals surface area contributed by atoms with Gasteiger partial charge in [0, 0.05) is 6.04 Å². The van der Waals surface area contributed by atoms with E-state index in [1.54, 1.807) is 0 Å². The van der Waals surface area contributed by atoms with E-state index in [1.165, 1.54) is 0 Å². The lowest BCUT2D eigenvalue weighted by Crippen LogP contribution is -2.30. The van der Waals surface area contributed by atoms with Crippen molar-refractivity contribution in [2.45, 2.75) is 25.1 Å². The van der Waals surface area contributed by atoms with Crippen LogP contribution in [0.25, 0.3) is 0 Å². The van der Waals surface area contributed by atoms with Gasteiger partial charge in [-0.15, -0.1) is 0 Å². The fourth-order valence-electron chi connectivity index (χ4n) is 1.29. The van der Waals surface area contributed by atoms with Gasteiger partial charge in [-0.1, -0.05) is 0 Å². The smallest absolute Gasteiger partial charge is 0.308 e. The highest BCUT2D eigenvalue weighted by molar-refractivity contribution is 5.71. The summed E-state index contributed by atoms with van der Waals surface area (Å²) in [5, 5.41) is 8.45. The van der Waals surface area contributed by atoms with Gasteiger partial charge in [-0.2, -0.15) is 0 Å². The highest BCUT2D eigenvalue weighted by atomic mass is 19.1. The fourth-order valence-corrected chi connectivity index (χ4v) is 1.29. The fraction of sp³-hybridized carbons (Fsp3) is 0.833. The molecule has 4 heteroatoms. The molecule has 0 bridgehead atoms. The molecule has 1 saturated carbocycles. The van der Waals surface area contributed by atoms with Crippen molar-refractivity contribution < 1.29 is 14.3 Å². The molecule has 0 amide bonds. The zero-order valence-electron chi connectivity index (χ0n) is 5.46. The number of hydrogen-bond acceptors (Lipinski definition) is 2. The highest BCUT2D eigenvalue weighted by Crippen LogP contribution is 2.26. The van der Waals surface area contributed by atoms with Gasteiger partial charge in [0.15, 0.2) is 0 Å². The molecule has 0 radical (unpaired) electrons. The standard InChI is InChI=1S/C6H10FNO2/c7-3-1-4(6(9)10)5(8)2-3/h3-5H,1-2,8H2,(H,9,10)/t3-,4+,5-/m1/s1. The predicted molar refractivity (Wildman–Crippen MR) is 33.2 cm³/mol. The quantitative estimate of drug-likeness (QED) is 0.554. The van der Waals surface area contributed by atoms with E-state index in [0.29, 0.717) is 0 Å². The summed E-state index contributed by atoms with van der Waals surface area (Å²) >= 11 is 0. The molecule has 0 unspecified atom stereocenters. The van der Waals surface area contributed by atoms with Gasteiger partial charge in [0.2, 0.25) is 0 Å². The summed E-state index contributed by atoms with van der Waals surface area (Å²) in [7, 11) is 0. The van der Waals surface area contributed by atoms with Crippen LogP contribution in [-0.2, 0) is 4.79 Å². The first-order chi connectivity index (χ1) is 4.61. The average molecular weight is 147 g/mol. The second-order valence-corrected chi connectivity index (χ2v) is 2.68. The van der Waals surface area contributed by atoms with Crippen molar-refractivity contribution in [2.75, 3.05) is 0 Å². The van der Waals surface area contributed by atoms with Gasteiger partial charge in [-0.25, -0.2) is 4.39 Å². The molecule has 1 fully saturated rings. The molecular weight excluding hydrogens is 137 g/mol. The molecule has 10 heavy (non-hydrogen) atoms. The van der Waals surface area contributed by atoms with Crippen molar-refractivity contribution in [2.24, 2.45) is 11.7 Å².